The van der Waals surface area contributed by atoms with E-state index in [4.69, 9.17) is 16.0 Å². The summed E-state index contributed by atoms with van der Waals surface area (Å²) in [7, 11) is 0. The fraction of sp³-hybridized carbons (Fsp3) is 0.222. The van der Waals surface area contributed by atoms with Crippen LogP contribution >= 0.6 is 11.6 Å². The molecule has 0 fully saturated rings. The number of hydrogen-bond donors (Lipinski definition) is 0. The highest BCUT2D eigenvalue weighted by Crippen LogP contribution is 2.17. The molecule has 0 amide bonds. The third-order valence-corrected chi connectivity index (χ3v) is 2.02. The van der Waals surface area contributed by atoms with Crippen molar-refractivity contribution in [1.82, 2.24) is 4.98 Å². The first-order valence-electron chi connectivity index (χ1n) is 3.71. The molecule has 12 heavy (non-hydrogen) atoms. The minimum Gasteiger partial charge on any atom is -0.441 e. The largest absolute Gasteiger partial charge is 0.441 e. The molecule has 0 spiro atoms. The van der Waals surface area contributed by atoms with E-state index in [0.717, 1.165) is 16.7 Å². The van der Waals surface area contributed by atoms with E-state index in [2.05, 4.69) is 4.98 Å². The number of halogens is 1. The summed E-state index contributed by atoms with van der Waals surface area (Å²) >= 11 is 5.67. The van der Waals surface area contributed by atoms with Gasteiger partial charge in [-0.3, -0.25) is 0 Å². The Morgan fingerprint density at radius 1 is 1.50 bits per heavy atom. The maximum atomic E-state index is 5.67. The molecule has 0 saturated carbocycles. The fourth-order valence-corrected chi connectivity index (χ4v) is 1.33. The minimum absolute atomic E-state index is 0.510. The highest BCUT2D eigenvalue weighted by atomic mass is 35.5. The first-order valence-corrected chi connectivity index (χ1v) is 4.25. The maximum Gasteiger partial charge on any atom is 0.192 e. The third kappa shape index (κ3) is 1.18. The number of nitrogens with zero attached hydrogens (tertiary/aromatic N) is 1. The van der Waals surface area contributed by atoms with Crippen LogP contribution in [0.2, 0.25) is 0 Å². The van der Waals surface area contributed by atoms with Crippen molar-refractivity contribution < 1.29 is 4.42 Å². The van der Waals surface area contributed by atoms with Gasteiger partial charge in [0.2, 0.25) is 0 Å². The van der Waals surface area contributed by atoms with Crippen LogP contribution in [-0.4, -0.2) is 4.98 Å². The van der Waals surface area contributed by atoms with Crippen LogP contribution in [0.5, 0.6) is 0 Å². The van der Waals surface area contributed by atoms with E-state index >= 15 is 0 Å². The van der Waals surface area contributed by atoms with Crippen LogP contribution in [0.1, 0.15) is 11.5 Å². The van der Waals surface area contributed by atoms with Crippen LogP contribution in [-0.2, 0) is 5.88 Å². The lowest BCUT2D eigenvalue weighted by Crippen LogP contribution is -1.75. The Hall–Kier alpha value is -1.02. The molecule has 3 heteroatoms. The molecule has 2 aromatic rings. The van der Waals surface area contributed by atoms with Gasteiger partial charge in [0.05, 0.1) is 0 Å². The SMILES string of the molecule is Cc1nc2ccc(CCl)cc2o1. The fourth-order valence-electron chi connectivity index (χ4n) is 1.17. The van der Waals surface area contributed by atoms with E-state index in [-0.39, 0.29) is 0 Å². The van der Waals surface area contributed by atoms with E-state index in [0.29, 0.717) is 11.8 Å². The van der Waals surface area contributed by atoms with Gasteiger partial charge in [-0.05, 0) is 17.7 Å². The second-order valence-corrected chi connectivity index (χ2v) is 2.94. The Morgan fingerprint density at radius 3 is 3.08 bits per heavy atom. The summed E-state index contributed by atoms with van der Waals surface area (Å²) in [5, 5.41) is 0. The first-order chi connectivity index (χ1) is 5.79. The number of hydrogen-bond acceptors (Lipinski definition) is 2. The van der Waals surface area contributed by atoms with Crippen molar-refractivity contribution >= 4 is 22.7 Å². The van der Waals surface area contributed by atoms with Crippen molar-refractivity contribution in [2.45, 2.75) is 12.8 Å². The minimum atomic E-state index is 0.510. The molecule has 1 aromatic carbocycles. The molecule has 0 radical (unpaired) electrons. The molecule has 0 aliphatic rings. The number of aromatic nitrogens is 1. The van der Waals surface area contributed by atoms with Crippen molar-refractivity contribution in [3.8, 4) is 0 Å². The Bertz CT molecular complexity index is 408. The summed E-state index contributed by atoms with van der Waals surface area (Å²) in [5.74, 6) is 1.20. The standard InChI is InChI=1S/C9H8ClNO/c1-6-11-8-3-2-7(5-10)4-9(8)12-6/h2-4H,5H2,1H3. The quantitative estimate of drug-likeness (QED) is 0.633. The second kappa shape index (κ2) is 2.79. The van der Waals surface area contributed by atoms with Gasteiger partial charge in [-0.15, -0.1) is 11.6 Å². The molecule has 0 bridgehead atoms. The zero-order valence-electron chi connectivity index (χ0n) is 6.67. The van der Waals surface area contributed by atoms with E-state index in [1.165, 1.54) is 0 Å². The highest BCUT2D eigenvalue weighted by Gasteiger charge is 2.01. The second-order valence-electron chi connectivity index (χ2n) is 2.67. The lowest BCUT2D eigenvalue weighted by atomic mass is 10.2. The molecular weight excluding hydrogens is 174 g/mol. The average Bonchev–Trinajstić information content (AvgIpc) is 2.43. The number of alkyl halides is 1. The Kier molecular flexibility index (Phi) is 1.77. The van der Waals surface area contributed by atoms with Crippen LogP contribution in [0, 0.1) is 6.92 Å². The van der Waals surface area contributed by atoms with Gasteiger partial charge < -0.3 is 4.42 Å². The van der Waals surface area contributed by atoms with E-state index in [9.17, 15) is 0 Å². The molecular formula is C9H8ClNO. The van der Waals surface area contributed by atoms with Gasteiger partial charge in [0.1, 0.15) is 5.52 Å². The topological polar surface area (TPSA) is 26.0 Å². The summed E-state index contributed by atoms with van der Waals surface area (Å²) in [6.45, 7) is 1.83. The molecule has 1 aromatic heterocycles. The van der Waals surface area contributed by atoms with Gasteiger partial charge in [-0.1, -0.05) is 6.07 Å². The van der Waals surface area contributed by atoms with Crippen LogP contribution in [0.15, 0.2) is 22.6 Å². The van der Waals surface area contributed by atoms with Crippen molar-refractivity contribution in [2.24, 2.45) is 0 Å². The summed E-state index contributed by atoms with van der Waals surface area (Å²) < 4.78 is 5.34. The van der Waals surface area contributed by atoms with Crippen molar-refractivity contribution in [1.29, 1.82) is 0 Å². The lowest BCUT2D eigenvalue weighted by Gasteiger charge is -1.91. The first kappa shape index (κ1) is 7.62. The van der Waals surface area contributed by atoms with E-state index < -0.39 is 0 Å². The van der Waals surface area contributed by atoms with Gasteiger partial charge in [0, 0.05) is 12.8 Å². The summed E-state index contributed by atoms with van der Waals surface area (Å²) in [4.78, 5) is 4.18. The molecule has 2 nitrogen and oxygen atoms in total. The summed E-state index contributed by atoms with van der Waals surface area (Å²) in [6.07, 6.45) is 0. The van der Waals surface area contributed by atoms with Gasteiger partial charge in [0.15, 0.2) is 11.5 Å². The highest BCUT2D eigenvalue weighted by molar-refractivity contribution is 6.17. The van der Waals surface area contributed by atoms with Crippen molar-refractivity contribution in [3.05, 3.63) is 29.7 Å². The predicted octanol–water partition coefficient (Wildman–Crippen LogP) is 2.88. The Morgan fingerprint density at radius 2 is 2.33 bits per heavy atom. The molecule has 0 saturated heterocycles. The summed E-state index contributed by atoms with van der Waals surface area (Å²) in [5.41, 5.74) is 2.76. The molecule has 1 heterocycles. The molecule has 62 valence electrons. The molecule has 2 rings (SSSR count). The molecule has 0 unspecified atom stereocenters. The van der Waals surface area contributed by atoms with Crippen LogP contribution in [0.25, 0.3) is 11.1 Å². The maximum absolute atomic E-state index is 5.67. The van der Waals surface area contributed by atoms with Gasteiger partial charge >= 0.3 is 0 Å². The van der Waals surface area contributed by atoms with Crippen molar-refractivity contribution in [2.75, 3.05) is 0 Å². The number of aryl methyl sites for hydroxylation is 1. The van der Waals surface area contributed by atoms with Crippen LogP contribution in [0.3, 0.4) is 0 Å². The molecule has 0 aliphatic carbocycles. The molecule has 0 aliphatic heterocycles. The summed E-state index contributed by atoms with van der Waals surface area (Å²) in [6, 6.07) is 5.79. The lowest BCUT2D eigenvalue weighted by molar-refractivity contribution is 0.561. The van der Waals surface area contributed by atoms with Gasteiger partial charge in [-0.25, -0.2) is 4.98 Å². The Balaban J connectivity index is 2.66. The van der Waals surface area contributed by atoms with Crippen molar-refractivity contribution in [3.63, 3.8) is 0 Å². The number of oxazole rings is 1. The van der Waals surface area contributed by atoms with Gasteiger partial charge in [-0.2, -0.15) is 0 Å². The smallest absolute Gasteiger partial charge is 0.192 e. The average molecular weight is 182 g/mol. The van der Waals surface area contributed by atoms with E-state index in [1.54, 1.807) is 0 Å². The zero-order chi connectivity index (χ0) is 8.55. The van der Waals surface area contributed by atoms with Gasteiger partial charge in [0.25, 0.3) is 0 Å². The Labute approximate surface area is 75.2 Å². The number of rotatable bonds is 1. The monoisotopic (exact) mass is 181 g/mol. The third-order valence-electron chi connectivity index (χ3n) is 1.71. The molecule has 0 atom stereocenters. The van der Waals surface area contributed by atoms with Crippen LogP contribution < -0.4 is 0 Å². The normalized spacial score (nSPS) is 10.8. The predicted molar refractivity (Wildman–Crippen MR) is 48.3 cm³/mol. The van der Waals surface area contributed by atoms with Crippen LogP contribution in [0.4, 0.5) is 0 Å². The zero-order valence-corrected chi connectivity index (χ0v) is 7.43. The molecule has 0 N–H and O–H groups in total. The number of fused-ring (bicyclic) bond motifs is 1. The van der Waals surface area contributed by atoms with E-state index in [1.807, 2.05) is 25.1 Å². The number of benzene rings is 1.